The van der Waals surface area contributed by atoms with Gasteiger partial charge >= 0.3 is 5.97 Å². The quantitative estimate of drug-likeness (QED) is 0.780. The molecule has 1 aliphatic carbocycles. The van der Waals surface area contributed by atoms with Gasteiger partial charge in [-0.05, 0) is 31.0 Å². The molecule has 0 atom stereocenters. The number of carbonyl (C=O) groups excluding carboxylic acids is 2. The maximum atomic E-state index is 12.7. The molecule has 26 heavy (non-hydrogen) atoms. The number of hydrogen-bond donors (Lipinski definition) is 1. The fourth-order valence-electron chi connectivity index (χ4n) is 3.21. The second-order valence-electron chi connectivity index (χ2n) is 6.54. The van der Waals surface area contributed by atoms with Gasteiger partial charge in [0, 0.05) is 31.7 Å². The summed E-state index contributed by atoms with van der Waals surface area (Å²) >= 11 is 0. The Hall–Kier alpha value is -2.77. The van der Waals surface area contributed by atoms with Crippen LogP contribution in [0.3, 0.4) is 0 Å². The number of piperazine rings is 1. The number of nitrogens with zero attached hydrogens (tertiary/aromatic N) is 2. The van der Waals surface area contributed by atoms with E-state index in [1.165, 1.54) is 14.2 Å². The van der Waals surface area contributed by atoms with Crippen molar-refractivity contribution in [3.8, 4) is 11.5 Å². The molecule has 1 aromatic carbocycles. The lowest BCUT2D eigenvalue weighted by Gasteiger charge is -2.36. The van der Waals surface area contributed by atoms with Gasteiger partial charge in [0.1, 0.15) is 5.41 Å². The van der Waals surface area contributed by atoms with Gasteiger partial charge in [-0.15, -0.1) is 0 Å². The van der Waals surface area contributed by atoms with Crippen molar-refractivity contribution in [3.05, 3.63) is 23.8 Å². The first-order valence-corrected chi connectivity index (χ1v) is 8.47. The molecule has 140 valence electrons. The lowest BCUT2D eigenvalue weighted by Crippen LogP contribution is -2.53. The lowest BCUT2D eigenvalue weighted by molar-refractivity contribution is -0.154. The van der Waals surface area contributed by atoms with E-state index in [1.807, 2.05) is 0 Å². The molecule has 1 N–H and O–H groups in total. The van der Waals surface area contributed by atoms with Crippen molar-refractivity contribution in [1.29, 1.82) is 0 Å². The van der Waals surface area contributed by atoms with Gasteiger partial charge in [-0.2, -0.15) is 0 Å². The number of carboxylic acid groups (broad SMARTS) is 1. The van der Waals surface area contributed by atoms with Gasteiger partial charge < -0.3 is 24.4 Å². The summed E-state index contributed by atoms with van der Waals surface area (Å²) in [5.41, 5.74) is -0.748. The van der Waals surface area contributed by atoms with Crippen LogP contribution >= 0.6 is 0 Å². The zero-order chi connectivity index (χ0) is 18.9. The summed E-state index contributed by atoms with van der Waals surface area (Å²) in [7, 11) is 3.03. The number of ether oxygens (including phenoxy) is 2. The minimum absolute atomic E-state index is 0.155. The molecular weight excluding hydrogens is 340 g/mol. The van der Waals surface area contributed by atoms with Crippen LogP contribution in [0.5, 0.6) is 11.5 Å². The van der Waals surface area contributed by atoms with Crippen LogP contribution in [-0.2, 0) is 9.59 Å². The fraction of sp³-hybridized carbons (Fsp3) is 0.500. The van der Waals surface area contributed by atoms with E-state index in [0.717, 1.165) is 0 Å². The van der Waals surface area contributed by atoms with E-state index in [0.29, 0.717) is 56.1 Å². The first-order valence-electron chi connectivity index (χ1n) is 8.47. The van der Waals surface area contributed by atoms with Gasteiger partial charge in [0.2, 0.25) is 5.91 Å². The largest absolute Gasteiger partial charge is 0.493 e. The monoisotopic (exact) mass is 362 g/mol. The van der Waals surface area contributed by atoms with Gasteiger partial charge in [-0.3, -0.25) is 14.4 Å². The fourth-order valence-corrected chi connectivity index (χ4v) is 3.21. The van der Waals surface area contributed by atoms with Gasteiger partial charge in [-0.25, -0.2) is 0 Å². The third-order valence-corrected chi connectivity index (χ3v) is 5.05. The van der Waals surface area contributed by atoms with Gasteiger partial charge in [0.25, 0.3) is 5.91 Å². The summed E-state index contributed by atoms with van der Waals surface area (Å²) in [6, 6.07) is 4.97. The Labute approximate surface area is 151 Å². The first kappa shape index (κ1) is 18.0. The van der Waals surface area contributed by atoms with Crippen molar-refractivity contribution in [3.63, 3.8) is 0 Å². The lowest BCUT2D eigenvalue weighted by atomic mass is 10.1. The molecule has 0 radical (unpaired) electrons. The third kappa shape index (κ3) is 3.07. The molecule has 1 saturated heterocycles. The summed E-state index contributed by atoms with van der Waals surface area (Å²) in [4.78, 5) is 39.6. The topological polar surface area (TPSA) is 96.4 Å². The van der Waals surface area contributed by atoms with Crippen LogP contribution in [0.25, 0.3) is 0 Å². The van der Waals surface area contributed by atoms with Gasteiger partial charge in [0.15, 0.2) is 11.5 Å². The number of carboxylic acids is 1. The van der Waals surface area contributed by atoms with Crippen LogP contribution in [0.1, 0.15) is 23.2 Å². The van der Waals surface area contributed by atoms with Crippen molar-refractivity contribution >= 4 is 17.8 Å². The number of hydrogen-bond acceptors (Lipinski definition) is 5. The van der Waals surface area contributed by atoms with E-state index in [2.05, 4.69) is 0 Å². The Morgan fingerprint density at radius 1 is 0.962 bits per heavy atom. The second-order valence-corrected chi connectivity index (χ2v) is 6.54. The van der Waals surface area contributed by atoms with E-state index < -0.39 is 11.4 Å². The molecule has 0 unspecified atom stereocenters. The standard InChI is InChI=1S/C18H22N2O6/c1-25-13-4-3-12(11-14(13)26-2)15(21)19-7-9-20(10-8-19)16(22)18(5-6-18)17(23)24/h3-4,11H,5-10H2,1-2H3,(H,23,24). The molecule has 0 spiro atoms. The average molecular weight is 362 g/mol. The summed E-state index contributed by atoms with van der Waals surface area (Å²) in [5.74, 6) is -0.515. The zero-order valence-electron chi connectivity index (χ0n) is 14.9. The SMILES string of the molecule is COc1ccc(C(=O)N2CCN(C(=O)C3(C(=O)O)CC3)CC2)cc1OC. The Kier molecular flexibility index (Phi) is 4.76. The van der Waals surface area contributed by atoms with Crippen LogP contribution in [0, 0.1) is 5.41 Å². The second kappa shape index (κ2) is 6.86. The highest BCUT2D eigenvalue weighted by Crippen LogP contribution is 2.47. The van der Waals surface area contributed by atoms with Crippen molar-refractivity contribution < 1.29 is 29.0 Å². The van der Waals surface area contributed by atoms with Gasteiger partial charge in [-0.1, -0.05) is 0 Å². The van der Waals surface area contributed by atoms with Crippen molar-refractivity contribution in [2.45, 2.75) is 12.8 Å². The molecule has 3 rings (SSSR count). The number of amides is 2. The molecule has 8 nitrogen and oxygen atoms in total. The molecule has 8 heteroatoms. The van der Waals surface area contributed by atoms with E-state index in [4.69, 9.17) is 9.47 Å². The van der Waals surface area contributed by atoms with Crippen LogP contribution in [0.15, 0.2) is 18.2 Å². The van der Waals surface area contributed by atoms with E-state index in [1.54, 1.807) is 28.0 Å². The highest BCUT2D eigenvalue weighted by Gasteiger charge is 2.58. The molecule has 2 aliphatic rings. The van der Waals surface area contributed by atoms with E-state index in [-0.39, 0.29) is 11.8 Å². The molecular formula is C18H22N2O6. The number of methoxy groups -OCH3 is 2. The van der Waals surface area contributed by atoms with Gasteiger partial charge in [0.05, 0.1) is 14.2 Å². The minimum atomic E-state index is -1.23. The number of aliphatic carboxylic acids is 1. The molecule has 1 heterocycles. The Bertz CT molecular complexity index is 735. The number of benzene rings is 1. The highest BCUT2D eigenvalue weighted by atomic mass is 16.5. The van der Waals surface area contributed by atoms with Crippen LogP contribution < -0.4 is 9.47 Å². The molecule has 2 fully saturated rings. The Balaban J connectivity index is 1.64. The summed E-state index contributed by atoms with van der Waals surface area (Å²) in [5, 5.41) is 9.25. The Morgan fingerprint density at radius 2 is 1.54 bits per heavy atom. The molecule has 2 amide bonds. The van der Waals surface area contributed by atoms with Crippen molar-refractivity contribution in [2.24, 2.45) is 5.41 Å². The molecule has 1 aliphatic heterocycles. The smallest absolute Gasteiger partial charge is 0.319 e. The summed E-state index contributed by atoms with van der Waals surface area (Å²) in [6.45, 7) is 1.42. The summed E-state index contributed by atoms with van der Waals surface area (Å²) in [6.07, 6.45) is 0.790. The average Bonchev–Trinajstić information content (AvgIpc) is 3.48. The third-order valence-electron chi connectivity index (χ3n) is 5.05. The molecule has 1 saturated carbocycles. The minimum Gasteiger partial charge on any atom is -0.493 e. The van der Waals surface area contributed by atoms with E-state index >= 15 is 0 Å². The predicted molar refractivity (Wildman–Crippen MR) is 91.3 cm³/mol. The number of rotatable bonds is 5. The first-order chi connectivity index (χ1) is 12.4. The molecule has 0 aromatic heterocycles. The normalized spacial score (nSPS) is 18.2. The molecule has 0 bridgehead atoms. The highest BCUT2D eigenvalue weighted by molar-refractivity contribution is 6.05. The van der Waals surface area contributed by atoms with Crippen molar-refractivity contribution in [1.82, 2.24) is 9.80 Å². The number of carbonyl (C=O) groups is 3. The summed E-state index contributed by atoms with van der Waals surface area (Å²) < 4.78 is 10.4. The maximum Gasteiger partial charge on any atom is 0.319 e. The van der Waals surface area contributed by atoms with Crippen LogP contribution in [0.4, 0.5) is 0 Å². The molecule has 1 aromatic rings. The van der Waals surface area contributed by atoms with Crippen molar-refractivity contribution in [2.75, 3.05) is 40.4 Å². The zero-order valence-corrected chi connectivity index (χ0v) is 14.9. The van der Waals surface area contributed by atoms with Crippen LogP contribution in [-0.4, -0.2) is 73.1 Å². The predicted octanol–water partition coefficient (Wildman–Crippen LogP) is 0.853. The maximum absolute atomic E-state index is 12.7. The van der Waals surface area contributed by atoms with Crippen LogP contribution in [0.2, 0.25) is 0 Å². The van der Waals surface area contributed by atoms with E-state index in [9.17, 15) is 19.5 Å². The Morgan fingerprint density at radius 3 is 2.04 bits per heavy atom.